The third-order valence-electron chi connectivity index (χ3n) is 1.41. The lowest BCUT2D eigenvalue weighted by Gasteiger charge is -2.06. The summed E-state index contributed by atoms with van der Waals surface area (Å²) in [6.07, 6.45) is 3.00. The SMILES string of the molecule is C=C(OCC)OC(=O)c1cccnc1. The molecule has 1 aromatic rings. The molecule has 0 fully saturated rings. The second-order valence-electron chi connectivity index (χ2n) is 2.44. The van der Waals surface area contributed by atoms with Crippen LogP contribution in [-0.4, -0.2) is 17.6 Å². The van der Waals surface area contributed by atoms with Gasteiger partial charge in [-0.25, -0.2) is 4.79 Å². The van der Waals surface area contributed by atoms with Crippen LogP contribution >= 0.6 is 0 Å². The molecule has 1 rings (SSSR count). The molecule has 0 unspecified atom stereocenters. The first-order chi connectivity index (χ1) is 6.74. The molecule has 0 aliphatic rings. The Labute approximate surface area is 82.2 Å². The van der Waals surface area contributed by atoms with Crippen molar-refractivity contribution in [2.45, 2.75) is 6.92 Å². The van der Waals surface area contributed by atoms with E-state index >= 15 is 0 Å². The summed E-state index contributed by atoms with van der Waals surface area (Å²) >= 11 is 0. The molecule has 4 heteroatoms. The summed E-state index contributed by atoms with van der Waals surface area (Å²) in [5, 5.41) is 0. The summed E-state index contributed by atoms with van der Waals surface area (Å²) in [5.41, 5.74) is 0.369. The van der Waals surface area contributed by atoms with Gasteiger partial charge in [-0.2, -0.15) is 0 Å². The van der Waals surface area contributed by atoms with Crippen LogP contribution in [-0.2, 0) is 9.47 Å². The molecule has 74 valence electrons. The predicted octanol–water partition coefficient (Wildman–Crippen LogP) is 1.75. The summed E-state index contributed by atoms with van der Waals surface area (Å²) in [5.74, 6) is -0.516. The molecule has 0 saturated heterocycles. The highest BCUT2D eigenvalue weighted by atomic mass is 16.7. The van der Waals surface area contributed by atoms with E-state index in [2.05, 4.69) is 11.6 Å². The second kappa shape index (κ2) is 5.01. The van der Waals surface area contributed by atoms with E-state index in [1.807, 2.05) is 0 Å². The van der Waals surface area contributed by atoms with Gasteiger partial charge in [0.1, 0.15) is 0 Å². The molecule has 4 nitrogen and oxygen atoms in total. The van der Waals surface area contributed by atoms with Gasteiger partial charge < -0.3 is 9.47 Å². The molecule has 0 saturated carbocycles. The fourth-order valence-electron chi connectivity index (χ4n) is 0.836. The van der Waals surface area contributed by atoms with Crippen LogP contribution in [0.2, 0.25) is 0 Å². The zero-order valence-electron chi connectivity index (χ0n) is 7.90. The molecule has 0 aliphatic carbocycles. The largest absolute Gasteiger partial charge is 0.466 e. The number of hydrogen-bond donors (Lipinski definition) is 0. The van der Waals surface area contributed by atoms with Crippen LogP contribution in [0.25, 0.3) is 0 Å². The van der Waals surface area contributed by atoms with Crippen molar-refractivity contribution in [3.63, 3.8) is 0 Å². The van der Waals surface area contributed by atoms with Gasteiger partial charge >= 0.3 is 5.97 Å². The lowest BCUT2D eigenvalue weighted by Crippen LogP contribution is -2.06. The molecule has 0 bridgehead atoms. The minimum absolute atomic E-state index is 0.00125. The summed E-state index contributed by atoms with van der Waals surface area (Å²) in [6, 6.07) is 3.26. The van der Waals surface area contributed by atoms with Crippen molar-refractivity contribution >= 4 is 5.97 Å². The number of esters is 1. The van der Waals surface area contributed by atoms with Gasteiger partial charge in [0, 0.05) is 12.4 Å². The van der Waals surface area contributed by atoms with E-state index in [4.69, 9.17) is 9.47 Å². The van der Waals surface area contributed by atoms with Crippen molar-refractivity contribution in [3.8, 4) is 0 Å². The predicted molar refractivity (Wildman–Crippen MR) is 50.4 cm³/mol. The fraction of sp³-hybridized carbons (Fsp3) is 0.200. The van der Waals surface area contributed by atoms with Crippen LogP contribution in [0, 0.1) is 0 Å². The number of carbonyl (C=O) groups is 1. The van der Waals surface area contributed by atoms with Gasteiger partial charge in [-0.1, -0.05) is 0 Å². The first-order valence-corrected chi connectivity index (χ1v) is 4.18. The molecule has 14 heavy (non-hydrogen) atoms. The van der Waals surface area contributed by atoms with Gasteiger partial charge in [-0.05, 0) is 25.6 Å². The smallest absolute Gasteiger partial charge is 0.347 e. The number of pyridine rings is 1. The number of carbonyl (C=O) groups excluding carboxylic acids is 1. The fourth-order valence-corrected chi connectivity index (χ4v) is 0.836. The lowest BCUT2D eigenvalue weighted by molar-refractivity contribution is 0.0292. The Bertz CT molecular complexity index is 321. The molecule has 0 aromatic carbocycles. The Hall–Kier alpha value is -1.84. The van der Waals surface area contributed by atoms with Gasteiger partial charge in [0.05, 0.1) is 12.2 Å². The first kappa shape index (κ1) is 10.2. The summed E-state index contributed by atoms with van der Waals surface area (Å²) in [4.78, 5) is 15.1. The summed E-state index contributed by atoms with van der Waals surface area (Å²) < 4.78 is 9.66. The molecule has 0 aliphatic heterocycles. The molecule has 0 spiro atoms. The average molecular weight is 193 g/mol. The highest BCUT2D eigenvalue weighted by Gasteiger charge is 2.08. The third-order valence-corrected chi connectivity index (χ3v) is 1.41. The first-order valence-electron chi connectivity index (χ1n) is 4.18. The molecule has 0 N–H and O–H groups in total. The van der Waals surface area contributed by atoms with E-state index in [1.54, 1.807) is 25.3 Å². The molecule has 1 heterocycles. The van der Waals surface area contributed by atoms with Crippen molar-refractivity contribution in [1.29, 1.82) is 0 Å². The van der Waals surface area contributed by atoms with Crippen LogP contribution in [0.15, 0.2) is 37.1 Å². The number of nitrogens with zero attached hydrogens (tertiary/aromatic N) is 1. The van der Waals surface area contributed by atoms with Crippen molar-refractivity contribution in [2.24, 2.45) is 0 Å². The highest BCUT2D eigenvalue weighted by molar-refractivity contribution is 5.89. The van der Waals surface area contributed by atoms with E-state index in [0.29, 0.717) is 12.2 Å². The zero-order chi connectivity index (χ0) is 10.4. The van der Waals surface area contributed by atoms with E-state index in [0.717, 1.165) is 0 Å². The number of rotatable bonds is 4. The Balaban J connectivity index is 2.55. The summed E-state index contributed by atoms with van der Waals surface area (Å²) in [6.45, 7) is 5.62. The van der Waals surface area contributed by atoms with Crippen molar-refractivity contribution in [3.05, 3.63) is 42.6 Å². The quantitative estimate of drug-likeness (QED) is 0.540. The monoisotopic (exact) mass is 193 g/mol. The molecular formula is C10H11NO3. The van der Waals surface area contributed by atoms with Gasteiger partial charge in [-0.15, -0.1) is 0 Å². The van der Waals surface area contributed by atoms with Crippen LogP contribution in [0.3, 0.4) is 0 Å². The lowest BCUT2D eigenvalue weighted by atomic mass is 10.3. The topological polar surface area (TPSA) is 48.4 Å². The minimum atomic E-state index is -0.517. The normalized spacial score (nSPS) is 9.21. The van der Waals surface area contributed by atoms with E-state index < -0.39 is 5.97 Å². The average Bonchev–Trinajstić information content (AvgIpc) is 2.19. The van der Waals surface area contributed by atoms with Crippen molar-refractivity contribution in [1.82, 2.24) is 4.98 Å². The second-order valence-corrected chi connectivity index (χ2v) is 2.44. The maximum atomic E-state index is 11.3. The standard InChI is InChI=1S/C10H11NO3/c1-3-13-8(2)14-10(12)9-5-4-6-11-7-9/h4-7H,2-3H2,1H3. The molecular weight excluding hydrogens is 182 g/mol. The molecule has 0 radical (unpaired) electrons. The van der Waals surface area contributed by atoms with Crippen LogP contribution < -0.4 is 0 Å². The Morgan fingerprint density at radius 1 is 1.64 bits per heavy atom. The molecule has 0 amide bonds. The zero-order valence-corrected chi connectivity index (χ0v) is 7.90. The number of hydrogen-bond acceptors (Lipinski definition) is 4. The Morgan fingerprint density at radius 2 is 2.43 bits per heavy atom. The maximum Gasteiger partial charge on any atom is 0.347 e. The van der Waals surface area contributed by atoms with Crippen LogP contribution in [0.1, 0.15) is 17.3 Å². The number of aromatic nitrogens is 1. The Kier molecular flexibility index (Phi) is 3.67. The van der Waals surface area contributed by atoms with Crippen molar-refractivity contribution < 1.29 is 14.3 Å². The van der Waals surface area contributed by atoms with E-state index in [-0.39, 0.29) is 5.95 Å². The summed E-state index contributed by atoms with van der Waals surface area (Å²) in [7, 11) is 0. The van der Waals surface area contributed by atoms with Gasteiger partial charge in [0.15, 0.2) is 0 Å². The number of ether oxygens (including phenoxy) is 2. The van der Waals surface area contributed by atoms with Gasteiger partial charge in [0.2, 0.25) is 0 Å². The molecule has 0 atom stereocenters. The highest BCUT2D eigenvalue weighted by Crippen LogP contribution is 2.04. The van der Waals surface area contributed by atoms with E-state index in [9.17, 15) is 4.79 Å². The Morgan fingerprint density at radius 3 is 3.00 bits per heavy atom. The van der Waals surface area contributed by atoms with Crippen LogP contribution in [0.4, 0.5) is 0 Å². The van der Waals surface area contributed by atoms with Crippen LogP contribution in [0.5, 0.6) is 0 Å². The molecule has 1 aromatic heterocycles. The third kappa shape index (κ3) is 2.90. The minimum Gasteiger partial charge on any atom is -0.466 e. The van der Waals surface area contributed by atoms with Gasteiger partial charge in [-0.3, -0.25) is 4.98 Å². The van der Waals surface area contributed by atoms with E-state index in [1.165, 1.54) is 6.20 Å². The van der Waals surface area contributed by atoms with Crippen molar-refractivity contribution in [2.75, 3.05) is 6.61 Å². The van der Waals surface area contributed by atoms with Gasteiger partial charge in [0.25, 0.3) is 5.95 Å². The maximum absolute atomic E-state index is 11.3.